The maximum Gasteiger partial charge on any atom is 0.290 e. The number of fused-ring (bicyclic) bond motifs is 2. The number of hydrogen-bond donors (Lipinski definition) is 0. The van der Waals surface area contributed by atoms with Crippen LogP contribution in [-0.2, 0) is 4.74 Å². The fourth-order valence-electron chi connectivity index (χ4n) is 4.61. The average Bonchev–Trinajstić information content (AvgIpc) is 3.08. The molecule has 3 heterocycles. The Morgan fingerprint density at radius 1 is 1.03 bits per heavy atom. The van der Waals surface area contributed by atoms with Gasteiger partial charge in [0.05, 0.1) is 30.2 Å². The van der Waals surface area contributed by atoms with Crippen molar-refractivity contribution in [1.29, 1.82) is 0 Å². The van der Waals surface area contributed by atoms with Gasteiger partial charge in [-0.1, -0.05) is 29.8 Å². The highest BCUT2D eigenvalue weighted by Gasteiger charge is 2.42. The van der Waals surface area contributed by atoms with Crippen molar-refractivity contribution in [2.45, 2.75) is 19.4 Å². The van der Waals surface area contributed by atoms with Crippen LogP contribution in [0.3, 0.4) is 0 Å². The molecule has 0 N–H and O–H groups in total. The third kappa shape index (κ3) is 3.72. The van der Waals surface area contributed by atoms with Gasteiger partial charge in [-0.25, -0.2) is 4.39 Å². The summed E-state index contributed by atoms with van der Waals surface area (Å²) in [7, 11) is 0. The highest BCUT2D eigenvalue weighted by Crippen LogP contribution is 2.38. The monoisotopic (exact) mass is 436 g/mol. The third-order valence-electron chi connectivity index (χ3n) is 6.30. The summed E-state index contributed by atoms with van der Waals surface area (Å²) in [4.78, 5) is 30.8. The molecule has 0 aliphatic carbocycles. The lowest BCUT2D eigenvalue weighted by Gasteiger charge is -2.29. The lowest BCUT2D eigenvalue weighted by molar-refractivity contribution is 0.0353. The summed E-state index contributed by atoms with van der Waals surface area (Å²) < 4.78 is 25.1. The highest BCUT2D eigenvalue weighted by molar-refractivity contribution is 5.99. The second-order valence-corrected chi connectivity index (χ2v) is 8.43. The molecular weight excluding hydrogens is 411 g/mol. The summed E-state index contributed by atoms with van der Waals surface area (Å²) in [6.07, 6.45) is 0.768. The van der Waals surface area contributed by atoms with Gasteiger partial charge in [-0.2, -0.15) is 0 Å². The molecule has 5 rings (SSSR count). The summed E-state index contributed by atoms with van der Waals surface area (Å²) in [5, 5.41) is 0.156. The van der Waals surface area contributed by atoms with Crippen molar-refractivity contribution in [3.63, 3.8) is 0 Å². The molecule has 32 heavy (non-hydrogen) atoms. The van der Waals surface area contributed by atoms with Crippen molar-refractivity contribution in [3.05, 3.63) is 81.0 Å². The smallest absolute Gasteiger partial charge is 0.290 e. The topological polar surface area (TPSA) is 63.0 Å². The van der Waals surface area contributed by atoms with E-state index in [1.807, 2.05) is 31.2 Å². The molecule has 0 saturated carbocycles. The first-order valence-corrected chi connectivity index (χ1v) is 11.0. The van der Waals surface area contributed by atoms with Gasteiger partial charge in [-0.3, -0.25) is 14.5 Å². The quantitative estimate of drug-likeness (QED) is 0.613. The lowest BCUT2D eigenvalue weighted by atomic mass is 9.97. The molecule has 0 bridgehead atoms. The van der Waals surface area contributed by atoms with E-state index in [2.05, 4.69) is 4.90 Å². The fraction of sp³-hybridized carbons (Fsp3) is 0.360. The Bertz CT molecular complexity index is 1220. The summed E-state index contributed by atoms with van der Waals surface area (Å²) in [6, 6.07) is 11.1. The van der Waals surface area contributed by atoms with E-state index in [1.165, 1.54) is 18.2 Å². The summed E-state index contributed by atoms with van der Waals surface area (Å²) in [5.74, 6) is -0.745. The first-order chi connectivity index (χ1) is 15.5. The Kier molecular flexibility index (Phi) is 5.53. The minimum Gasteiger partial charge on any atom is -0.450 e. The molecule has 0 spiro atoms. The lowest BCUT2D eigenvalue weighted by Crippen LogP contribution is -2.38. The van der Waals surface area contributed by atoms with E-state index in [4.69, 9.17) is 9.15 Å². The van der Waals surface area contributed by atoms with Gasteiger partial charge >= 0.3 is 0 Å². The van der Waals surface area contributed by atoms with Crippen LogP contribution in [0.5, 0.6) is 0 Å². The third-order valence-corrected chi connectivity index (χ3v) is 6.30. The molecule has 166 valence electrons. The van der Waals surface area contributed by atoms with E-state index in [1.54, 1.807) is 4.90 Å². The average molecular weight is 436 g/mol. The van der Waals surface area contributed by atoms with Gasteiger partial charge in [-0.05, 0) is 37.1 Å². The molecule has 6 nitrogen and oxygen atoms in total. The van der Waals surface area contributed by atoms with Crippen LogP contribution < -0.4 is 5.43 Å². The predicted octanol–water partition coefficient (Wildman–Crippen LogP) is 3.51. The van der Waals surface area contributed by atoms with Crippen molar-refractivity contribution in [2.75, 3.05) is 39.4 Å². The van der Waals surface area contributed by atoms with Crippen molar-refractivity contribution >= 4 is 16.9 Å². The minimum atomic E-state index is -0.549. The molecule has 0 unspecified atom stereocenters. The van der Waals surface area contributed by atoms with Gasteiger partial charge < -0.3 is 14.1 Å². The molecule has 7 heteroatoms. The Morgan fingerprint density at radius 2 is 1.78 bits per heavy atom. The number of aryl methyl sites for hydroxylation is 1. The number of carbonyl (C=O) groups is 1. The van der Waals surface area contributed by atoms with E-state index in [-0.39, 0.29) is 28.1 Å². The Hall–Kier alpha value is -3.03. The van der Waals surface area contributed by atoms with Crippen LogP contribution in [0.2, 0.25) is 0 Å². The van der Waals surface area contributed by atoms with Crippen LogP contribution >= 0.6 is 0 Å². The van der Waals surface area contributed by atoms with Gasteiger partial charge in [-0.15, -0.1) is 0 Å². The summed E-state index contributed by atoms with van der Waals surface area (Å²) >= 11 is 0. The first kappa shape index (κ1) is 20.8. The van der Waals surface area contributed by atoms with Crippen molar-refractivity contribution < 1.29 is 18.3 Å². The Morgan fingerprint density at radius 3 is 2.53 bits per heavy atom. The van der Waals surface area contributed by atoms with Crippen molar-refractivity contribution in [3.8, 4) is 0 Å². The Balaban J connectivity index is 1.53. The number of carbonyl (C=O) groups excluding carboxylic acids is 1. The van der Waals surface area contributed by atoms with Crippen LogP contribution in [0.25, 0.3) is 11.0 Å². The fourth-order valence-corrected chi connectivity index (χ4v) is 4.61. The zero-order valence-electron chi connectivity index (χ0n) is 18.0. The number of rotatable bonds is 5. The molecule has 1 saturated heterocycles. The zero-order chi connectivity index (χ0) is 22.2. The second-order valence-electron chi connectivity index (χ2n) is 8.43. The van der Waals surface area contributed by atoms with Crippen LogP contribution in [0.15, 0.2) is 51.7 Å². The highest BCUT2D eigenvalue weighted by atomic mass is 19.1. The maximum absolute atomic E-state index is 13.9. The standard InChI is InChI=1S/C25H25FN2O4/c1-16-3-5-17(6-4-16)22-21-23(29)19-15-18(26)7-8-20(19)32-24(21)25(30)28(22)10-2-9-27-11-13-31-14-12-27/h3-8,15,22H,2,9-14H2,1H3/t22-/m0/s1. The molecule has 1 aromatic heterocycles. The van der Waals surface area contributed by atoms with Gasteiger partial charge in [0.1, 0.15) is 11.4 Å². The molecule has 3 aromatic rings. The molecule has 1 fully saturated rings. The largest absolute Gasteiger partial charge is 0.450 e. The van der Waals surface area contributed by atoms with Crippen molar-refractivity contribution in [1.82, 2.24) is 9.80 Å². The summed E-state index contributed by atoms with van der Waals surface area (Å²) in [5.41, 5.74) is 2.10. The number of nitrogens with zero attached hydrogens (tertiary/aromatic N) is 2. The van der Waals surface area contributed by atoms with E-state index in [9.17, 15) is 14.0 Å². The Labute approximate surface area is 185 Å². The number of benzene rings is 2. The maximum atomic E-state index is 13.9. The number of amides is 1. The minimum absolute atomic E-state index is 0.0612. The van der Waals surface area contributed by atoms with Gasteiger partial charge in [0.25, 0.3) is 5.91 Å². The first-order valence-electron chi connectivity index (χ1n) is 11.0. The molecule has 2 aliphatic heterocycles. The zero-order valence-corrected chi connectivity index (χ0v) is 18.0. The number of halogens is 1. The van der Waals surface area contributed by atoms with Gasteiger partial charge in [0, 0.05) is 26.2 Å². The van der Waals surface area contributed by atoms with Crippen LogP contribution in [0, 0.1) is 12.7 Å². The van der Waals surface area contributed by atoms with E-state index in [0.717, 1.165) is 50.4 Å². The predicted molar refractivity (Wildman–Crippen MR) is 118 cm³/mol. The van der Waals surface area contributed by atoms with Crippen molar-refractivity contribution in [2.24, 2.45) is 0 Å². The SMILES string of the molecule is Cc1ccc([C@H]2c3c(oc4ccc(F)cc4c3=O)C(=O)N2CCCN2CCOCC2)cc1. The summed E-state index contributed by atoms with van der Waals surface area (Å²) in [6.45, 7) is 6.53. The number of hydrogen-bond acceptors (Lipinski definition) is 5. The van der Waals surface area contributed by atoms with E-state index in [0.29, 0.717) is 12.1 Å². The van der Waals surface area contributed by atoms with Gasteiger partial charge in [0.15, 0.2) is 5.43 Å². The molecular formula is C25H25FN2O4. The van der Waals surface area contributed by atoms with Gasteiger partial charge in [0.2, 0.25) is 5.76 Å². The van der Waals surface area contributed by atoms with Crippen LogP contribution in [0.4, 0.5) is 4.39 Å². The number of ether oxygens (including phenoxy) is 1. The second kappa shape index (κ2) is 8.48. The van der Waals surface area contributed by atoms with E-state index < -0.39 is 11.9 Å². The molecule has 0 radical (unpaired) electrons. The number of morpholine rings is 1. The molecule has 2 aliphatic rings. The van der Waals surface area contributed by atoms with Crippen LogP contribution in [0.1, 0.15) is 39.7 Å². The van der Waals surface area contributed by atoms with Crippen LogP contribution in [-0.4, -0.2) is 55.1 Å². The molecule has 1 atom stereocenters. The molecule has 2 aromatic carbocycles. The normalized spacial score (nSPS) is 19.0. The van der Waals surface area contributed by atoms with E-state index >= 15 is 0 Å². The molecule has 1 amide bonds.